The summed E-state index contributed by atoms with van der Waals surface area (Å²) in [5.74, 6) is 0. The van der Waals surface area contributed by atoms with Crippen LogP contribution in [0, 0.1) is 6.92 Å². The van der Waals surface area contributed by atoms with Crippen LogP contribution in [0.25, 0.3) is 0 Å². The fourth-order valence-corrected chi connectivity index (χ4v) is 3.85. The van der Waals surface area contributed by atoms with Crippen molar-refractivity contribution in [2.45, 2.75) is 44.9 Å². The van der Waals surface area contributed by atoms with Crippen LogP contribution in [0.3, 0.4) is 0 Å². The molecule has 0 aliphatic rings. The fraction of sp³-hybridized carbons (Fsp3) is 0.429. The molecule has 4 nitrogen and oxygen atoms in total. The van der Waals surface area contributed by atoms with Gasteiger partial charge < -0.3 is 4.90 Å². The molecule has 0 atom stereocenters. The highest BCUT2D eigenvalue weighted by molar-refractivity contribution is 7.89. The Balaban J connectivity index is 2.01. The molecule has 0 amide bonds. The SMILES string of the molecule is CCN(CCNS(=O)(=O)c1ccc(C(C)(C)C)cc1)c1cccc(C)c1. The van der Waals surface area contributed by atoms with Crippen molar-refractivity contribution in [2.24, 2.45) is 0 Å². The molecule has 26 heavy (non-hydrogen) atoms. The van der Waals surface area contributed by atoms with Crippen molar-refractivity contribution in [3.8, 4) is 0 Å². The van der Waals surface area contributed by atoms with Crippen LogP contribution in [-0.4, -0.2) is 28.1 Å². The highest BCUT2D eigenvalue weighted by Gasteiger charge is 2.17. The smallest absolute Gasteiger partial charge is 0.240 e. The molecule has 0 fully saturated rings. The summed E-state index contributed by atoms with van der Waals surface area (Å²) >= 11 is 0. The highest BCUT2D eigenvalue weighted by atomic mass is 32.2. The summed E-state index contributed by atoms with van der Waals surface area (Å²) in [4.78, 5) is 2.47. The molecule has 2 aromatic carbocycles. The van der Waals surface area contributed by atoms with Gasteiger partial charge in [0.2, 0.25) is 10.0 Å². The molecule has 2 aromatic rings. The van der Waals surface area contributed by atoms with Crippen LogP contribution in [0.2, 0.25) is 0 Å². The molecule has 0 aliphatic carbocycles. The van der Waals surface area contributed by atoms with E-state index in [0.29, 0.717) is 18.0 Å². The van der Waals surface area contributed by atoms with Gasteiger partial charge in [-0.1, -0.05) is 45.0 Å². The van der Waals surface area contributed by atoms with E-state index in [1.165, 1.54) is 5.56 Å². The first-order valence-corrected chi connectivity index (χ1v) is 10.5. The Hall–Kier alpha value is -1.85. The summed E-state index contributed by atoms with van der Waals surface area (Å²) in [5.41, 5.74) is 3.43. The summed E-state index contributed by atoms with van der Waals surface area (Å²) in [6.07, 6.45) is 0. The maximum atomic E-state index is 12.5. The molecule has 0 saturated carbocycles. The Morgan fingerprint density at radius 1 is 1.04 bits per heavy atom. The zero-order valence-corrected chi connectivity index (χ0v) is 17.2. The maximum Gasteiger partial charge on any atom is 0.240 e. The van der Waals surface area contributed by atoms with Crippen LogP contribution >= 0.6 is 0 Å². The fourth-order valence-electron chi connectivity index (χ4n) is 2.83. The van der Waals surface area contributed by atoms with E-state index in [2.05, 4.69) is 62.4 Å². The Bertz CT molecular complexity index is 822. The summed E-state index contributed by atoms with van der Waals surface area (Å²) in [5, 5.41) is 0. The summed E-state index contributed by atoms with van der Waals surface area (Å²) in [6, 6.07) is 15.4. The summed E-state index contributed by atoms with van der Waals surface area (Å²) in [6.45, 7) is 12.3. The van der Waals surface area contributed by atoms with Crippen LogP contribution in [0.1, 0.15) is 38.8 Å². The molecule has 0 bridgehead atoms. The van der Waals surface area contributed by atoms with E-state index in [1.807, 2.05) is 18.2 Å². The van der Waals surface area contributed by atoms with E-state index < -0.39 is 10.0 Å². The summed E-state index contributed by atoms with van der Waals surface area (Å²) in [7, 11) is -3.49. The minimum Gasteiger partial charge on any atom is -0.370 e. The molecule has 2 rings (SSSR count). The van der Waals surface area contributed by atoms with Crippen molar-refractivity contribution in [2.75, 3.05) is 24.5 Å². The van der Waals surface area contributed by atoms with Gasteiger partial charge in [0.05, 0.1) is 4.90 Å². The lowest BCUT2D eigenvalue weighted by Crippen LogP contribution is -2.35. The molecule has 0 radical (unpaired) electrons. The molecule has 0 aromatic heterocycles. The lowest BCUT2D eigenvalue weighted by Gasteiger charge is -2.23. The first-order valence-electron chi connectivity index (χ1n) is 9.05. The number of aryl methyl sites for hydroxylation is 1. The topological polar surface area (TPSA) is 49.4 Å². The van der Waals surface area contributed by atoms with Gasteiger partial charge in [-0.05, 0) is 54.7 Å². The Kier molecular flexibility index (Phi) is 6.48. The zero-order chi connectivity index (χ0) is 19.4. The van der Waals surface area contributed by atoms with E-state index in [9.17, 15) is 8.42 Å². The second-order valence-electron chi connectivity index (χ2n) is 7.59. The maximum absolute atomic E-state index is 12.5. The molecule has 5 heteroatoms. The van der Waals surface area contributed by atoms with Gasteiger partial charge >= 0.3 is 0 Å². The molecule has 0 aliphatic heterocycles. The van der Waals surface area contributed by atoms with Crippen molar-refractivity contribution in [3.63, 3.8) is 0 Å². The Morgan fingerprint density at radius 3 is 2.23 bits per heavy atom. The lowest BCUT2D eigenvalue weighted by atomic mass is 9.87. The number of nitrogens with one attached hydrogen (secondary N) is 1. The number of likely N-dealkylation sites (N-methyl/N-ethyl adjacent to an activating group) is 1. The minimum absolute atomic E-state index is 0.00512. The van der Waals surface area contributed by atoms with E-state index in [4.69, 9.17) is 0 Å². The van der Waals surface area contributed by atoms with Crippen molar-refractivity contribution in [1.82, 2.24) is 4.72 Å². The van der Waals surface area contributed by atoms with Crippen LogP contribution in [0.15, 0.2) is 53.4 Å². The van der Waals surface area contributed by atoms with Crippen molar-refractivity contribution >= 4 is 15.7 Å². The van der Waals surface area contributed by atoms with Gasteiger partial charge in [0, 0.05) is 25.3 Å². The zero-order valence-electron chi connectivity index (χ0n) is 16.4. The number of benzene rings is 2. The van der Waals surface area contributed by atoms with E-state index in [0.717, 1.165) is 17.8 Å². The van der Waals surface area contributed by atoms with Crippen LogP contribution < -0.4 is 9.62 Å². The number of hydrogen-bond donors (Lipinski definition) is 1. The van der Waals surface area contributed by atoms with Crippen LogP contribution in [-0.2, 0) is 15.4 Å². The van der Waals surface area contributed by atoms with Gasteiger partial charge in [0.15, 0.2) is 0 Å². The number of rotatable bonds is 7. The average Bonchev–Trinajstić information content (AvgIpc) is 2.58. The number of sulfonamides is 1. The number of anilines is 1. The molecule has 1 N–H and O–H groups in total. The second kappa shape index (κ2) is 8.23. The quantitative estimate of drug-likeness (QED) is 0.794. The highest BCUT2D eigenvalue weighted by Crippen LogP contribution is 2.23. The standard InChI is InChI=1S/C21H30N2O2S/c1-6-23(19-9-7-8-17(2)16-19)15-14-22-26(24,25)20-12-10-18(11-13-20)21(3,4)5/h7-13,16,22H,6,14-15H2,1-5H3. The van der Waals surface area contributed by atoms with E-state index in [1.54, 1.807) is 12.1 Å². The van der Waals surface area contributed by atoms with Gasteiger partial charge in [-0.25, -0.2) is 13.1 Å². The first-order chi connectivity index (χ1) is 12.1. The monoisotopic (exact) mass is 374 g/mol. The van der Waals surface area contributed by atoms with Crippen LogP contribution in [0.4, 0.5) is 5.69 Å². The normalized spacial score (nSPS) is 12.2. The number of hydrogen-bond acceptors (Lipinski definition) is 3. The van der Waals surface area contributed by atoms with Crippen molar-refractivity contribution in [1.29, 1.82) is 0 Å². The van der Waals surface area contributed by atoms with E-state index >= 15 is 0 Å². The van der Waals surface area contributed by atoms with E-state index in [-0.39, 0.29) is 5.41 Å². The van der Waals surface area contributed by atoms with Crippen molar-refractivity contribution < 1.29 is 8.42 Å². The molecule has 0 spiro atoms. The molecule has 0 unspecified atom stereocenters. The molecular formula is C21H30N2O2S. The largest absolute Gasteiger partial charge is 0.370 e. The lowest BCUT2D eigenvalue weighted by molar-refractivity contribution is 0.578. The van der Waals surface area contributed by atoms with Gasteiger partial charge in [-0.3, -0.25) is 0 Å². The number of nitrogens with zero attached hydrogens (tertiary/aromatic N) is 1. The second-order valence-corrected chi connectivity index (χ2v) is 9.36. The summed E-state index contributed by atoms with van der Waals surface area (Å²) < 4.78 is 27.8. The predicted molar refractivity (Wildman–Crippen MR) is 109 cm³/mol. The Labute approximate surface area is 158 Å². The third-order valence-corrected chi connectivity index (χ3v) is 5.93. The minimum atomic E-state index is -3.49. The molecule has 142 valence electrons. The van der Waals surface area contributed by atoms with Crippen LogP contribution in [0.5, 0.6) is 0 Å². The molecular weight excluding hydrogens is 344 g/mol. The van der Waals surface area contributed by atoms with Gasteiger partial charge in [-0.2, -0.15) is 0 Å². The first kappa shape index (κ1) is 20.5. The third kappa shape index (κ3) is 5.32. The molecule has 0 saturated heterocycles. The average molecular weight is 375 g/mol. The predicted octanol–water partition coefficient (Wildman–Crippen LogP) is 4.10. The molecule has 0 heterocycles. The Morgan fingerprint density at radius 2 is 1.69 bits per heavy atom. The van der Waals surface area contributed by atoms with Gasteiger partial charge in [0.1, 0.15) is 0 Å². The van der Waals surface area contributed by atoms with Gasteiger partial charge in [-0.15, -0.1) is 0 Å². The third-order valence-electron chi connectivity index (χ3n) is 4.45. The van der Waals surface area contributed by atoms with Crippen molar-refractivity contribution in [3.05, 3.63) is 59.7 Å². The van der Waals surface area contributed by atoms with Gasteiger partial charge in [0.25, 0.3) is 0 Å².